The zero-order valence-corrected chi connectivity index (χ0v) is 12.9. The third-order valence-electron chi connectivity index (χ3n) is 5.82. The molecule has 3 fully saturated rings. The molecule has 0 aromatic rings. The number of hydrogen-bond donors (Lipinski definition) is 0. The summed E-state index contributed by atoms with van der Waals surface area (Å²) in [6.45, 7) is 15.6. The Labute approximate surface area is 114 Å². The molecule has 0 unspecified atom stereocenters. The van der Waals surface area contributed by atoms with Crippen molar-refractivity contribution in [3.05, 3.63) is 0 Å². The Morgan fingerprint density at radius 2 is 1.33 bits per heavy atom. The van der Waals surface area contributed by atoms with Crippen LogP contribution in [0, 0.1) is 0 Å². The van der Waals surface area contributed by atoms with Crippen LogP contribution in [-0.2, 0) is 0 Å². The molecule has 3 heterocycles. The first-order valence-electron chi connectivity index (χ1n) is 8.24. The first-order valence-corrected chi connectivity index (χ1v) is 8.24. The number of quaternary nitrogens is 1. The van der Waals surface area contributed by atoms with Crippen LogP contribution in [0.5, 0.6) is 0 Å². The first-order chi connectivity index (χ1) is 8.66. The number of fused-ring (bicyclic) bond motifs is 3. The van der Waals surface area contributed by atoms with Crippen LogP contribution in [0.15, 0.2) is 0 Å². The van der Waals surface area contributed by atoms with Gasteiger partial charge in [0.25, 0.3) is 0 Å². The highest BCUT2D eigenvalue weighted by Crippen LogP contribution is 2.38. The highest BCUT2D eigenvalue weighted by atomic mass is 15.5. The Balaban J connectivity index is 2.10. The van der Waals surface area contributed by atoms with Gasteiger partial charge in [0.15, 0.2) is 0 Å². The quantitative estimate of drug-likeness (QED) is 0.629. The molecule has 2 bridgehead atoms. The highest BCUT2D eigenvalue weighted by Gasteiger charge is 2.50. The number of piperazine rings is 3. The lowest BCUT2D eigenvalue weighted by atomic mass is 9.82. The summed E-state index contributed by atoms with van der Waals surface area (Å²) in [5.41, 5.74) is 0.568. The van der Waals surface area contributed by atoms with Gasteiger partial charge in [-0.3, -0.25) is 4.90 Å². The van der Waals surface area contributed by atoms with Crippen molar-refractivity contribution in [2.45, 2.75) is 64.8 Å². The van der Waals surface area contributed by atoms with E-state index in [4.69, 9.17) is 0 Å². The van der Waals surface area contributed by atoms with E-state index in [0.29, 0.717) is 5.54 Å². The molecule has 106 valence electrons. The fraction of sp³-hybridized carbons (Fsp3) is 1.00. The van der Waals surface area contributed by atoms with E-state index in [1.165, 1.54) is 82.3 Å². The fourth-order valence-electron chi connectivity index (χ4n) is 4.19. The molecule has 3 aliphatic heterocycles. The van der Waals surface area contributed by atoms with Gasteiger partial charge in [-0.25, -0.2) is 0 Å². The molecule has 2 heteroatoms. The van der Waals surface area contributed by atoms with Crippen molar-refractivity contribution in [1.82, 2.24) is 4.90 Å². The Morgan fingerprint density at radius 1 is 0.889 bits per heavy atom. The zero-order valence-electron chi connectivity index (χ0n) is 12.9. The molecular weight excluding hydrogens is 220 g/mol. The maximum atomic E-state index is 2.67. The van der Waals surface area contributed by atoms with Crippen molar-refractivity contribution in [2.75, 3.05) is 39.3 Å². The van der Waals surface area contributed by atoms with Crippen molar-refractivity contribution in [3.8, 4) is 0 Å². The van der Waals surface area contributed by atoms with Crippen LogP contribution in [0.3, 0.4) is 0 Å². The average molecular weight is 253 g/mol. The van der Waals surface area contributed by atoms with Crippen LogP contribution in [0.2, 0.25) is 0 Å². The summed E-state index contributed by atoms with van der Waals surface area (Å²) in [4.78, 5) is 2.67. The predicted molar refractivity (Wildman–Crippen MR) is 78.8 cm³/mol. The monoisotopic (exact) mass is 253 g/mol. The number of rotatable bonds is 7. The second kappa shape index (κ2) is 5.92. The van der Waals surface area contributed by atoms with E-state index in [9.17, 15) is 0 Å². The molecule has 0 N–H and O–H groups in total. The third kappa shape index (κ3) is 2.60. The van der Waals surface area contributed by atoms with Crippen LogP contribution >= 0.6 is 0 Å². The maximum absolute atomic E-state index is 2.67. The van der Waals surface area contributed by atoms with Gasteiger partial charge in [-0.2, -0.15) is 0 Å². The van der Waals surface area contributed by atoms with Crippen LogP contribution < -0.4 is 0 Å². The van der Waals surface area contributed by atoms with Gasteiger partial charge >= 0.3 is 0 Å². The second-order valence-electron chi connectivity index (χ2n) is 6.86. The molecule has 0 aromatic heterocycles. The third-order valence-corrected chi connectivity index (χ3v) is 5.82. The molecule has 0 aromatic carbocycles. The summed E-state index contributed by atoms with van der Waals surface area (Å²) >= 11 is 0. The molecule has 0 aliphatic carbocycles. The Hall–Kier alpha value is -0.0800. The summed E-state index contributed by atoms with van der Waals surface area (Å²) in [5, 5.41) is 0. The van der Waals surface area contributed by atoms with Crippen LogP contribution in [0.4, 0.5) is 0 Å². The lowest BCUT2D eigenvalue weighted by molar-refractivity contribution is -0.986. The fourth-order valence-corrected chi connectivity index (χ4v) is 4.19. The standard InChI is InChI=1S/C16H33N2/c1-4-6-8-16(3,9-7-5-2)18-13-10-17(11-14-18)12-15-18/h4-15H2,1-3H3/q+1. The minimum absolute atomic E-state index is 0.568. The van der Waals surface area contributed by atoms with Crippen LogP contribution in [0.25, 0.3) is 0 Å². The lowest BCUT2D eigenvalue weighted by Gasteiger charge is -2.59. The molecule has 3 rings (SSSR count). The average Bonchev–Trinajstić information content (AvgIpc) is 2.45. The van der Waals surface area contributed by atoms with Crippen molar-refractivity contribution in [1.29, 1.82) is 0 Å². The molecule has 18 heavy (non-hydrogen) atoms. The molecule has 0 atom stereocenters. The first kappa shape index (κ1) is 14.3. The van der Waals surface area contributed by atoms with Gasteiger partial charge in [-0.05, 0) is 19.8 Å². The van der Waals surface area contributed by atoms with Crippen molar-refractivity contribution in [2.24, 2.45) is 0 Å². The number of nitrogens with zero attached hydrogens (tertiary/aromatic N) is 2. The minimum Gasteiger partial charge on any atom is -0.316 e. The van der Waals surface area contributed by atoms with E-state index in [2.05, 4.69) is 25.7 Å². The normalized spacial score (nSPS) is 31.8. The van der Waals surface area contributed by atoms with E-state index in [1.54, 1.807) is 0 Å². The van der Waals surface area contributed by atoms with Gasteiger partial charge in [-0.1, -0.05) is 26.7 Å². The summed E-state index contributed by atoms with van der Waals surface area (Å²) in [6, 6.07) is 0. The molecule has 2 nitrogen and oxygen atoms in total. The molecule has 0 spiro atoms. The van der Waals surface area contributed by atoms with Gasteiger partial charge in [-0.15, -0.1) is 0 Å². The second-order valence-corrected chi connectivity index (χ2v) is 6.86. The number of unbranched alkanes of at least 4 members (excludes halogenated alkanes) is 2. The van der Waals surface area contributed by atoms with E-state index in [1.807, 2.05) is 0 Å². The summed E-state index contributed by atoms with van der Waals surface area (Å²) in [6.07, 6.45) is 8.45. The largest absolute Gasteiger partial charge is 0.316 e. The van der Waals surface area contributed by atoms with Crippen molar-refractivity contribution >= 4 is 0 Å². The summed E-state index contributed by atoms with van der Waals surface area (Å²) in [5.74, 6) is 0. The molecule has 0 amide bonds. The molecule has 3 aliphatic rings. The Morgan fingerprint density at radius 3 is 1.72 bits per heavy atom. The van der Waals surface area contributed by atoms with Crippen molar-refractivity contribution in [3.63, 3.8) is 0 Å². The molecule has 0 saturated carbocycles. The Kier molecular flexibility index (Phi) is 4.71. The van der Waals surface area contributed by atoms with E-state index in [0.717, 1.165) is 0 Å². The van der Waals surface area contributed by atoms with Gasteiger partial charge < -0.3 is 4.48 Å². The summed E-state index contributed by atoms with van der Waals surface area (Å²) in [7, 11) is 0. The smallest absolute Gasteiger partial charge is 0.0965 e. The van der Waals surface area contributed by atoms with Gasteiger partial charge in [0.1, 0.15) is 0 Å². The molecular formula is C16H33N2+. The lowest BCUT2D eigenvalue weighted by Crippen LogP contribution is -2.74. The number of hydrogen-bond acceptors (Lipinski definition) is 1. The zero-order chi connectivity index (χ0) is 13.1. The van der Waals surface area contributed by atoms with E-state index in [-0.39, 0.29) is 0 Å². The van der Waals surface area contributed by atoms with Gasteiger partial charge in [0.2, 0.25) is 0 Å². The molecule has 3 saturated heterocycles. The summed E-state index contributed by atoms with van der Waals surface area (Å²) < 4.78 is 1.45. The Bertz CT molecular complexity index is 232. The van der Waals surface area contributed by atoms with Gasteiger partial charge in [0, 0.05) is 32.5 Å². The topological polar surface area (TPSA) is 3.24 Å². The van der Waals surface area contributed by atoms with Crippen LogP contribution in [0.1, 0.15) is 59.3 Å². The van der Waals surface area contributed by atoms with Crippen molar-refractivity contribution < 1.29 is 4.48 Å². The minimum atomic E-state index is 0.568. The highest BCUT2D eigenvalue weighted by molar-refractivity contribution is 4.83. The van der Waals surface area contributed by atoms with Gasteiger partial charge in [0.05, 0.1) is 25.2 Å². The maximum Gasteiger partial charge on any atom is 0.0965 e. The van der Waals surface area contributed by atoms with E-state index < -0.39 is 0 Å². The molecule has 0 radical (unpaired) electrons. The predicted octanol–water partition coefficient (Wildman–Crippen LogP) is 3.27. The SMILES string of the molecule is CCCCC(C)(CCCC)[N+]12CCN(CC1)CC2. The van der Waals surface area contributed by atoms with E-state index >= 15 is 0 Å². The van der Waals surface area contributed by atoms with Crippen LogP contribution in [-0.4, -0.2) is 54.2 Å².